The molecule has 7 rings (SSSR count). The van der Waals surface area contributed by atoms with Crippen LogP contribution in [0.2, 0.25) is 0 Å². The van der Waals surface area contributed by atoms with Crippen molar-refractivity contribution in [2.45, 2.75) is 40.5 Å². The van der Waals surface area contributed by atoms with Gasteiger partial charge in [-0.3, -0.25) is 4.98 Å². The van der Waals surface area contributed by atoms with Gasteiger partial charge in [0.15, 0.2) is 35.8 Å². The Morgan fingerprint density at radius 2 is 1.67 bits per heavy atom. The number of ether oxygens (including phenoxy) is 1. The number of para-hydroxylation sites is 2. The van der Waals surface area contributed by atoms with Gasteiger partial charge in [0.05, 0.1) is 35.7 Å². The molecule has 3 aromatic carbocycles. The Morgan fingerprint density at radius 3 is 2.40 bits per heavy atom. The summed E-state index contributed by atoms with van der Waals surface area (Å²) in [7, 11) is 4.05. The second-order valence-electron chi connectivity index (χ2n) is 11.6. The van der Waals surface area contributed by atoms with Crippen molar-refractivity contribution in [1.29, 1.82) is 0 Å². The van der Waals surface area contributed by atoms with E-state index in [4.69, 9.17) is 9.72 Å². The summed E-state index contributed by atoms with van der Waals surface area (Å²) in [5.74, 6) is 0.649. The molecule has 0 saturated carbocycles. The summed E-state index contributed by atoms with van der Waals surface area (Å²) in [6, 6.07) is 18.5. The van der Waals surface area contributed by atoms with Gasteiger partial charge < -0.3 is 4.74 Å². The van der Waals surface area contributed by atoms with Crippen LogP contribution in [-0.2, 0) is 14.1 Å². The fraction of sp³-hybridized carbons (Fsp3) is 0.229. The number of aromatic nitrogens is 5. The standard InChI is InChI=1S/C35H34FN5O/c1-20(2)24-12-10-15-28-31(24)32-30(35-39(7)26-13-8-9-14-27(26)41(28)35)22(4)29(19-37-32)42-34-23(5)33(21(3)18-25(34)36)40-17-11-16-38(40)6/h8-20H,1-7H3/q+2. The first kappa shape index (κ1) is 26.1. The van der Waals surface area contributed by atoms with Crippen LogP contribution in [0.5, 0.6) is 11.5 Å². The summed E-state index contributed by atoms with van der Waals surface area (Å²) in [5.41, 5.74) is 9.91. The SMILES string of the molecule is Cc1cc(F)c(Oc2cnc3c4c(C(C)C)cccc4n4c5ccccc5[n+](C)c4c3c2C)c(C)c1-n1ccc[n+]1C. The van der Waals surface area contributed by atoms with E-state index < -0.39 is 5.82 Å². The van der Waals surface area contributed by atoms with E-state index in [9.17, 15) is 0 Å². The predicted molar refractivity (Wildman–Crippen MR) is 164 cm³/mol. The lowest BCUT2D eigenvalue weighted by molar-refractivity contribution is -0.744. The highest BCUT2D eigenvalue weighted by molar-refractivity contribution is 6.13. The Balaban J connectivity index is 1.56. The highest BCUT2D eigenvalue weighted by atomic mass is 19.1. The van der Waals surface area contributed by atoms with E-state index in [-0.39, 0.29) is 5.75 Å². The lowest BCUT2D eigenvalue weighted by Gasteiger charge is -2.17. The van der Waals surface area contributed by atoms with Gasteiger partial charge in [-0.2, -0.15) is 4.40 Å². The molecule has 0 N–H and O–H groups in total. The molecule has 7 heteroatoms. The first-order chi connectivity index (χ1) is 20.2. The van der Waals surface area contributed by atoms with Gasteiger partial charge >= 0.3 is 0 Å². The molecule has 210 valence electrons. The van der Waals surface area contributed by atoms with Gasteiger partial charge in [-0.15, -0.1) is 9.36 Å². The molecule has 0 atom stereocenters. The second-order valence-corrected chi connectivity index (χ2v) is 11.6. The summed E-state index contributed by atoms with van der Waals surface area (Å²) in [6.07, 6.45) is 5.68. The Labute approximate surface area is 243 Å². The zero-order valence-electron chi connectivity index (χ0n) is 25.0. The molecule has 4 heterocycles. The number of imidazole rings is 1. The topological polar surface area (TPSA) is 39.2 Å². The molecule has 0 aliphatic heterocycles. The normalized spacial score (nSPS) is 12.0. The second kappa shape index (κ2) is 9.38. The summed E-state index contributed by atoms with van der Waals surface area (Å²) < 4.78 is 30.6. The van der Waals surface area contributed by atoms with Crippen LogP contribution in [-0.4, -0.2) is 14.1 Å². The first-order valence-corrected chi connectivity index (χ1v) is 14.3. The maximum absolute atomic E-state index is 15.6. The molecule has 0 radical (unpaired) electrons. The Kier molecular flexibility index (Phi) is 5.84. The number of rotatable bonds is 4. The molecule has 7 aromatic rings. The molecule has 0 amide bonds. The quantitative estimate of drug-likeness (QED) is 0.169. The summed E-state index contributed by atoms with van der Waals surface area (Å²) >= 11 is 0. The van der Waals surface area contributed by atoms with E-state index in [0.717, 1.165) is 60.9 Å². The largest absolute Gasteiger partial charge is 0.452 e. The number of hydrogen-bond acceptors (Lipinski definition) is 2. The smallest absolute Gasteiger partial charge is 0.297 e. The van der Waals surface area contributed by atoms with E-state index in [1.807, 2.05) is 48.7 Å². The van der Waals surface area contributed by atoms with Crippen molar-refractivity contribution in [3.63, 3.8) is 0 Å². The van der Waals surface area contributed by atoms with Crippen LogP contribution in [0, 0.1) is 26.6 Å². The van der Waals surface area contributed by atoms with E-state index in [0.29, 0.717) is 11.7 Å². The van der Waals surface area contributed by atoms with Crippen LogP contribution in [0.15, 0.2) is 73.2 Å². The van der Waals surface area contributed by atoms with Crippen LogP contribution < -0.4 is 14.0 Å². The van der Waals surface area contributed by atoms with Gasteiger partial charge in [-0.1, -0.05) is 38.1 Å². The van der Waals surface area contributed by atoms with Crippen molar-refractivity contribution in [2.24, 2.45) is 14.1 Å². The minimum absolute atomic E-state index is 0.207. The predicted octanol–water partition coefficient (Wildman–Crippen LogP) is 7.21. The summed E-state index contributed by atoms with van der Waals surface area (Å²) in [6.45, 7) is 10.3. The Bertz CT molecular complexity index is 2220. The van der Waals surface area contributed by atoms with Crippen molar-refractivity contribution in [1.82, 2.24) is 14.1 Å². The highest BCUT2D eigenvalue weighted by Crippen LogP contribution is 2.41. The van der Waals surface area contributed by atoms with Crippen LogP contribution >= 0.6 is 0 Å². The third kappa shape index (κ3) is 3.59. The zero-order chi connectivity index (χ0) is 29.4. The zero-order valence-corrected chi connectivity index (χ0v) is 25.0. The van der Waals surface area contributed by atoms with Gasteiger partial charge in [-0.25, -0.2) is 8.96 Å². The van der Waals surface area contributed by atoms with Crippen LogP contribution in [0.25, 0.3) is 44.2 Å². The molecule has 4 aromatic heterocycles. The van der Waals surface area contributed by atoms with Gasteiger partial charge in [0, 0.05) is 17.2 Å². The summed E-state index contributed by atoms with van der Waals surface area (Å²) in [4.78, 5) is 5.05. The number of aryl methyl sites for hydroxylation is 4. The van der Waals surface area contributed by atoms with Crippen LogP contribution in [0.4, 0.5) is 4.39 Å². The maximum atomic E-state index is 15.6. The number of nitrogens with zero attached hydrogens (tertiary/aromatic N) is 5. The minimum atomic E-state index is -0.396. The average Bonchev–Trinajstić information content (AvgIpc) is 3.52. The average molecular weight is 560 g/mol. The molecule has 0 bridgehead atoms. The van der Waals surface area contributed by atoms with Crippen molar-refractivity contribution in [3.05, 3.63) is 101 Å². The third-order valence-corrected chi connectivity index (χ3v) is 8.64. The molecule has 0 aliphatic carbocycles. The molecule has 6 nitrogen and oxygen atoms in total. The molecular formula is C35H34FN5O+2. The number of benzene rings is 3. The maximum Gasteiger partial charge on any atom is 0.297 e. The molecule has 0 unspecified atom stereocenters. The molecule has 42 heavy (non-hydrogen) atoms. The Hall–Kier alpha value is -4.78. The molecular weight excluding hydrogens is 525 g/mol. The van der Waals surface area contributed by atoms with E-state index >= 15 is 4.39 Å². The Morgan fingerprint density at radius 1 is 0.905 bits per heavy atom. The van der Waals surface area contributed by atoms with Crippen molar-refractivity contribution >= 4 is 38.5 Å². The summed E-state index contributed by atoms with van der Waals surface area (Å²) in [5, 5.41) is 2.13. The van der Waals surface area contributed by atoms with E-state index in [2.05, 4.69) is 79.3 Å². The van der Waals surface area contributed by atoms with Crippen molar-refractivity contribution in [3.8, 4) is 17.2 Å². The first-order valence-electron chi connectivity index (χ1n) is 14.3. The minimum Gasteiger partial charge on any atom is -0.452 e. The van der Waals surface area contributed by atoms with Crippen LogP contribution in [0.3, 0.4) is 0 Å². The highest BCUT2D eigenvalue weighted by Gasteiger charge is 2.28. The number of hydrogen-bond donors (Lipinski definition) is 0. The molecule has 0 saturated heterocycles. The van der Waals surface area contributed by atoms with Crippen molar-refractivity contribution < 1.29 is 18.4 Å². The fourth-order valence-corrected chi connectivity index (χ4v) is 6.62. The van der Waals surface area contributed by atoms with Crippen molar-refractivity contribution in [2.75, 3.05) is 0 Å². The number of fused-ring (bicyclic) bond motifs is 8. The molecule has 0 spiro atoms. The monoisotopic (exact) mass is 559 g/mol. The van der Waals surface area contributed by atoms with Gasteiger partial charge in [0.25, 0.3) is 5.65 Å². The molecule has 0 fully saturated rings. The van der Waals surface area contributed by atoms with Gasteiger partial charge in [0.2, 0.25) is 0 Å². The lowest BCUT2D eigenvalue weighted by Crippen LogP contribution is -2.37. The third-order valence-electron chi connectivity index (χ3n) is 8.64. The van der Waals surface area contributed by atoms with E-state index in [1.165, 1.54) is 5.56 Å². The van der Waals surface area contributed by atoms with Crippen LogP contribution in [0.1, 0.15) is 42.0 Å². The molecule has 0 aliphatic rings. The lowest BCUT2D eigenvalue weighted by atomic mass is 9.95. The number of halogens is 1. The van der Waals surface area contributed by atoms with Gasteiger partial charge in [0.1, 0.15) is 17.0 Å². The van der Waals surface area contributed by atoms with E-state index in [1.54, 1.807) is 12.3 Å². The fourth-order valence-electron chi connectivity index (χ4n) is 6.62. The number of pyridine rings is 2. The van der Waals surface area contributed by atoms with Gasteiger partial charge in [-0.05, 0) is 62.1 Å².